The van der Waals surface area contributed by atoms with Crippen molar-refractivity contribution in [3.63, 3.8) is 0 Å². The van der Waals surface area contributed by atoms with Crippen LogP contribution in [0.25, 0.3) is 0 Å². The minimum Gasteiger partial charge on any atom is -0.508 e. The van der Waals surface area contributed by atoms with E-state index in [0.717, 1.165) is 0 Å². The lowest BCUT2D eigenvalue weighted by Crippen LogP contribution is -2.59. The van der Waals surface area contributed by atoms with E-state index in [9.17, 15) is 39.6 Å². The highest BCUT2D eigenvalue weighted by Crippen LogP contribution is 2.12. The van der Waals surface area contributed by atoms with Crippen molar-refractivity contribution in [1.29, 1.82) is 0 Å². The van der Waals surface area contributed by atoms with Crippen LogP contribution in [0.2, 0.25) is 0 Å². The number of phenols is 1. The number of phenolic OH excluding ortho intramolecular Hbond substituents is 1. The molecule has 0 fully saturated rings. The minimum atomic E-state index is -1.47. The number of hydrogen-bond acceptors (Lipinski definition) is 8. The maximum Gasteiger partial charge on any atom is 0.326 e. The summed E-state index contributed by atoms with van der Waals surface area (Å²) >= 11 is 0. The quantitative estimate of drug-likeness (QED) is 0.159. The van der Waals surface area contributed by atoms with Crippen LogP contribution in [0.15, 0.2) is 24.3 Å². The Labute approximate surface area is 197 Å². The third-order valence-corrected chi connectivity index (χ3v) is 4.97. The maximum absolute atomic E-state index is 12.9. The second kappa shape index (κ2) is 13.5. The first-order valence-corrected chi connectivity index (χ1v) is 10.8. The summed E-state index contributed by atoms with van der Waals surface area (Å²) in [6, 6.07) is 0.558. The number of hydrogen-bond donors (Lipinski definition) is 8. The number of amides is 3. The molecule has 3 amide bonds. The van der Waals surface area contributed by atoms with E-state index < -0.39 is 60.6 Å². The fraction of sp³-hybridized carbons (Fsp3) is 0.545. The van der Waals surface area contributed by atoms with E-state index in [2.05, 4.69) is 16.0 Å². The number of aromatic hydroxyl groups is 1. The van der Waals surface area contributed by atoms with Crippen LogP contribution in [0, 0.1) is 5.92 Å². The first kappa shape index (κ1) is 28.8. The Bertz CT molecular complexity index is 844. The van der Waals surface area contributed by atoms with Gasteiger partial charge in [0.2, 0.25) is 17.7 Å². The van der Waals surface area contributed by atoms with Crippen LogP contribution in [0.5, 0.6) is 5.75 Å². The Hall–Kier alpha value is -3.22. The number of rotatable bonds is 13. The van der Waals surface area contributed by atoms with Crippen LogP contribution in [0.4, 0.5) is 0 Å². The molecule has 0 spiro atoms. The zero-order valence-electron chi connectivity index (χ0n) is 19.4. The third-order valence-electron chi connectivity index (χ3n) is 4.97. The number of aliphatic hydroxyl groups is 2. The van der Waals surface area contributed by atoms with Crippen LogP contribution in [0.1, 0.15) is 32.8 Å². The van der Waals surface area contributed by atoms with Crippen LogP contribution in [-0.4, -0.2) is 81.0 Å². The highest BCUT2D eigenvalue weighted by molar-refractivity contribution is 5.94. The summed E-state index contributed by atoms with van der Waals surface area (Å²) in [5.74, 6) is -3.84. The van der Waals surface area contributed by atoms with E-state index in [0.29, 0.717) is 5.56 Å². The predicted octanol–water partition coefficient (Wildman–Crippen LogP) is -1.78. The van der Waals surface area contributed by atoms with Gasteiger partial charge < -0.3 is 42.1 Å². The van der Waals surface area contributed by atoms with Crippen LogP contribution < -0.4 is 21.7 Å². The van der Waals surface area contributed by atoms with E-state index in [1.54, 1.807) is 13.8 Å². The summed E-state index contributed by atoms with van der Waals surface area (Å²) in [4.78, 5) is 49.3. The summed E-state index contributed by atoms with van der Waals surface area (Å²) in [5.41, 5.74) is 6.08. The molecule has 1 aromatic carbocycles. The molecule has 9 N–H and O–H groups in total. The van der Waals surface area contributed by atoms with Gasteiger partial charge in [0.15, 0.2) is 0 Å². The minimum absolute atomic E-state index is 0.00540. The van der Waals surface area contributed by atoms with Crippen LogP contribution >= 0.6 is 0 Å². The van der Waals surface area contributed by atoms with Crippen LogP contribution in [-0.2, 0) is 25.6 Å². The molecule has 5 unspecified atom stereocenters. The van der Waals surface area contributed by atoms with Gasteiger partial charge in [0, 0.05) is 6.42 Å². The monoisotopic (exact) mass is 482 g/mol. The molecule has 0 bridgehead atoms. The van der Waals surface area contributed by atoms with Gasteiger partial charge in [-0.25, -0.2) is 4.79 Å². The Balaban J connectivity index is 3.07. The molecule has 1 aromatic rings. The van der Waals surface area contributed by atoms with Gasteiger partial charge in [-0.05, 0) is 37.0 Å². The van der Waals surface area contributed by atoms with E-state index in [1.165, 1.54) is 31.2 Å². The molecule has 5 atom stereocenters. The summed E-state index contributed by atoms with van der Waals surface area (Å²) < 4.78 is 0. The average molecular weight is 483 g/mol. The Morgan fingerprint density at radius 3 is 1.85 bits per heavy atom. The molecule has 0 radical (unpaired) electrons. The summed E-state index contributed by atoms with van der Waals surface area (Å²) in [5, 5.41) is 44.9. The van der Waals surface area contributed by atoms with Crippen molar-refractivity contribution in [3.8, 4) is 5.75 Å². The lowest BCUT2D eigenvalue weighted by Gasteiger charge is -2.25. The molecule has 0 heterocycles. The number of carboxylic acids is 1. The number of carboxylic acid groups (broad SMARTS) is 1. The lowest BCUT2D eigenvalue weighted by molar-refractivity contribution is -0.142. The number of carbonyl (C=O) groups excluding carboxylic acids is 3. The molecule has 0 aliphatic rings. The van der Waals surface area contributed by atoms with Gasteiger partial charge in [-0.2, -0.15) is 0 Å². The van der Waals surface area contributed by atoms with E-state index in [4.69, 9.17) is 5.73 Å². The van der Waals surface area contributed by atoms with Gasteiger partial charge in [0.05, 0.1) is 12.7 Å². The van der Waals surface area contributed by atoms with Crippen molar-refractivity contribution in [2.45, 2.75) is 63.9 Å². The van der Waals surface area contributed by atoms with Crippen LogP contribution in [0.3, 0.4) is 0 Å². The molecule has 1 rings (SSSR count). The molecule has 0 aromatic heterocycles. The van der Waals surface area contributed by atoms with Crippen molar-refractivity contribution in [3.05, 3.63) is 29.8 Å². The zero-order valence-corrected chi connectivity index (χ0v) is 19.4. The summed E-state index contributed by atoms with van der Waals surface area (Å²) in [7, 11) is 0. The highest BCUT2D eigenvalue weighted by atomic mass is 16.4. The van der Waals surface area contributed by atoms with Crippen molar-refractivity contribution in [2.75, 3.05) is 6.61 Å². The Kier molecular flexibility index (Phi) is 11.4. The first-order valence-electron chi connectivity index (χ1n) is 10.8. The highest BCUT2D eigenvalue weighted by Gasteiger charge is 2.31. The molecular formula is C22H34N4O8. The molecule has 0 saturated carbocycles. The Morgan fingerprint density at radius 1 is 0.882 bits per heavy atom. The Morgan fingerprint density at radius 2 is 1.38 bits per heavy atom. The fourth-order valence-corrected chi connectivity index (χ4v) is 3.00. The molecular weight excluding hydrogens is 448 g/mol. The fourth-order valence-electron chi connectivity index (χ4n) is 3.00. The standard InChI is InChI=1S/C22H34N4O8/c1-11(2)8-16(22(33)34)25-19(30)15(9-13-4-6-14(29)7-5-13)24-20(31)17(10-27)26-21(32)18(23)12(3)28/h4-7,11-12,15-18,27-29H,8-10,23H2,1-3H3,(H,24,31)(H,25,30)(H,26,32)(H,33,34). The van der Waals surface area contributed by atoms with Gasteiger partial charge in [-0.15, -0.1) is 0 Å². The first-order chi connectivity index (χ1) is 15.8. The van der Waals surface area contributed by atoms with E-state index in [1.807, 2.05) is 0 Å². The average Bonchev–Trinajstić information content (AvgIpc) is 2.76. The smallest absolute Gasteiger partial charge is 0.326 e. The molecule has 12 heteroatoms. The van der Waals surface area contributed by atoms with Crippen molar-refractivity contribution in [2.24, 2.45) is 11.7 Å². The normalized spacial score (nSPS) is 15.5. The second-order valence-corrected chi connectivity index (χ2v) is 8.47. The number of aliphatic carboxylic acids is 1. The van der Waals surface area contributed by atoms with Gasteiger partial charge in [0.25, 0.3) is 0 Å². The van der Waals surface area contributed by atoms with E-state index >= 15 is 0 Å². The number of carbonyl (C=O) groups is 4. The molecule has 0 aliphatic carbocycles. The number of nitrogens with two attached hydrogens (primary N) is 1. The van der Waals surface area contributed by atoms with Gasteiger partial charge in [-0.1, -0.05) is 26.0 Å². The lowest BCUT2D eigenvalue weighted by atomic mass is 10.0. The maximum atomic E-state index is 12.9. The number of benzene rings is 1. The SMILES string of the molecule is CC(C)CC(NC(=O)C(Cc1ccc(O)cc1)NC(=O)C(CO)NC(=O)C(N)C(C)O)C(=O)O. The molecule has 34 heavy (non-hydrogen) atoms. The number of aliphatic hydroxyl groups excluding tert-OH is 2. The molecule has 0 saturated heterocycles. The predicted molar refractivity (Wildman–Crippen MR) is 121 cm³/mol. The number of nitrogens with one attached hydrogen (secondary N) is 3. The van der Waals surface area contributed by atoms with Crippen molar-refractivity contribution < 1.29 is 39.6 Å². The molecule has 12 nitrogen and oxygen atoms in total. The summed E-state index contributed by atoms with van der Waals surface area (Å²) in [6.45, 7) is 4.06. The van der Waals surface area contributed by atoms with Crippen molar-refractivity contribution >= 4 is 23.7 Å². The topological polar surface area (TPSA) is 211 Å². The largest absolute Gasteiger partial charge is 0.508 e. The van der Waals surface area contributed by atoms with E-state index in [-0.39, 0.29) is 24.5 Å². The second-order valence-electron chi connectivity index (χ2n) is 8.47. The van der Waals surface area contributed by atoms with Gasteiger partial charge in [-0.3, -0.25) is 14.4 Å². The zero-order chi connectivity index (χ0) is 26.0. The third kappa shape index (κ3) is 9.33. The molecule has 0 aliphatic heterocycles. The van der Waals surface area contributed by atoms with Crippen molar-refractivity contribution in [1.82, 2.24) is 16.0 Å². The van der Waals surface area contributed by atoms with Gasteiger partial charge >= 0.3 is 5.97 Å². The molecule has 190 valence electrons. The summed E-state index contributed by atoms with van der Waals surface area (Å²) in [6.07, 6.45) is -1.11. The van der Waals surface area contributed by atoms with Gasteiger partial charge in [0.1, 0.15) is 29.9 Å².